The third kappa shape index (κ3) is 9.78. The third-order valence-corrected chi connectivity index (χ3v) is 11.7. The van der Waals surface area contributed by atoms with E-state index in [2.05, 4.69) is 0 Å². The number of aromatic hydroxyl groups is 4. The van der Waals surface area contributed by atoms with Crippen molar-refractivity contribution in [3.8, 4) is 45.8 Å². The summed E-state index contributed by atoms with van der Waals surface area (Å²) in [5.74, 6) is -3.55. The van der Waals surface area contributed by atoms with E-state index in [0.29, 0.717) is 5.56 Å². The highest BCUT2D eigenvalue weighted by molar-refractivity contribution is 5.89. The molecule has 4 aromatic rings. The molecule has 3 saturated heterocycles. The number of fused-ring (bicyclic) bond motifs is 1. The minimum Gasteiger partial charge on any atom is -0.507 e. The fourth-order valence-corrected chi connectivity index (χ4v) is 8.09. The maximum atomic E-state index is 13.8. The Labute approximate surface area is 383 Å². The van der Waals surface area contributed by atoms with Gasteiger partial charge in [0, 0.05) is 23.8 Å². The first kappa shape index (κ1) is 50.2. The van der Waals surface area contributed by atoms with Crippen LogP contribution in [-0.2, 0) is 33.2 Å². The Morgan fingerprint density at radius 2 is 1.22 bits per heavy atom. The summed E-state index contributed by atoms with van der Waals surface area (Å²) in [6.07, 6.45) is -27.2. The maximum Gasteiger partial charge on any atom is 0.331 e. The molecule has 24 nitrogen and oxygen atoms in total. The summed E-state index contributed by atoms with van der Waals surface area (Å²) in [6, 6.07) is 9.97. The largest absolute Gasteiger partial charge is 0.507 e. The molecule has 4 heterocycles. The van der Waals surface area contributed by atoms with Gasteiger partial charge < -0.3 is 109 Å². The topological polar surface area (TPSA) is 384 Å². The Balaban J connectivity index is 1.32. The molecule has 24 heteroatoms. The normalized spacial score (nSPS) is 32.0. The molecule has 68 heavy (non-hydrogen) atoms. The summed E-state index contributed by atoms with van der Waals surface area (Å²) in [4.78, 5) is 27.6. The predicted molar refractivity (Wildman–Crippen MR) is 225 cm³/mol. The number of hydrogen-bond donors (Lipinski definition) is 13. The van der Waals surface area contributed by atoms with Crippen LogP contribution in [0.4, 0.5) is 0 Å². The number of rotatable bonds is 14. The first-order valence-corrected chi connectivity index (χ1v) is 20.8. The molecule has 13 N–H and O–H groups in total. The van der Waals surface area contributed by atoms with Gasteiger partial charge in [-0.15, -0.1) is 0 Å². The van der Waals surface area contributed by atoms with E-state index >= 15 is 0 Å². The van der Waals surface area contributed by atoms with Gasteiger partial charge in [0.05, 0.1) is 39.6 Å². The molecule has 7 rings (SSSR count). The third-order valence-electron chi connectivity index (χ3n) is 11.7. The van der Waals surface area contributed by atoms with Crippen LogP contribution in [0, 0.1) is 0 Å². The zero-order valence-electron chi connectivity index (χ0n) is 35.9. The van der Waals surface area contributed by atoms with Crippen LogP contribution >= 0.6 is 0 Å². The number of aliphatic hydroxyl groups excluding tert-OH is 9. The molecule has 15 unspecified atom stereocenters. The van der Waals surface area contributed by atoms with Crippen LogP contribution in [0.3, 0.4) is 0 Å². The number of aliphatic hydroxyl groups is 9. The highest BCUT2D eigenvalue weighted by Gasteiger charge is 2.56. The van der Waals surface area contributed by atoms with Crippen molar-refractivity contribution in [2.24, 2.45) is 0 Å². The molecular weight excluding hydrogens is 912 g/mol. The van der Waals surface area contributed by atoms with E-state index in [4.69, 9.17) is 42.3 Å². The van der Waals surface area contributed by atoms with E-state index in [1.165, 1.54) is 56.7 Å². The van der Waals surface area contributed by atoms with Crippen LogP contribution in [0.1, 0.15) is 17.2 Å². The number of benzene rings is 3. The molecule has 0 saturated carbocycles. The van der Waals surface area contributed by atoms with Crippen LogP contribution in [0.2, 0.25) is 0 Å². The average molecular weight is 963 g/mol. The number of phenols is 4. The van der Waals surface area contributed by atoms with Crippen LogP contribution in [0.25, 0.3) is 28.4 Å². The van der Waals surface area contributed by atoms with Gasteiger partial charge in [0.2, 0.25) is 0 Å². The van der Waals surface area contributed by atoms with Gasteiger partial charge in [-0.1, -0.05) is 6.07 Å². The van der Waals surface area contributed by atoms with Gasteiger partial charge >= 0.3 is 5.97 Å². The molecule has 0 amide bonds. The van der Waals surface area contributed by atoms with Gasteiger partial charge in [-0.25, -0.2) is 4.79 Å². The van der Waals surface area contributed by atoms with Gasteiger partial charge in [0.25, 0.3) is 0 Å². The van der Waals surface area contributed by atoms with Crippen molar-refractivity contribution in [2.75, 3.05) is 34.0 Å². The molecule has 0 bridgehead atoms. The zero-order valence-corrected chi connectivity index (χ0v) is 35.9. The van der Waals surface area contributed by atoms with E-state index in [0.717, 1.165) is 18.2 Å². The molecule has 0 aliphatic carbocycles. The van der Waals surface area contributed by atoms with Gasteiger partial charge in [-0.3, -0.25) is 4.79 Å². The van der Waals surface area contributed by atoms with E-state index < -0.39 is 146 Å². The van der Waals surface area contributed by atoms with Crippen molar-refractivity contribution in [3.63, 3.8) is 0 Å². The van der Waals surface area contributed by atoms with E-state index in [9.17, 15) is 76.0 Å². The summed E-state index contributed by atoms with van der Waals surface area (Å²) >= 11 is 0. The molecule has 0 spiro atoms. The summed E-state index contributed by atoms with van der Waals surface area (Å²) < 4.78 is 51.1. The zero-order chi connectivity index (χ0) is 49.3. The number of methoxy groups -OCH3 is 2. The molecule has 15 atom stereocenters. The number of carbonyl (C=O) groups excluding carboxylic acids is 1. The monoisotopic (exact) mass is 962 g/mol. The first-order valence-electron chi connectivity index (χ1n) is 20.8. The van der Waals surface area contributed by atoms with Crippen LogP contribution in [0.15, 0.2) is 63.8 Å². The average Bonchev–Trinajstić information content (AvgIpc) is 3.32. The van der Waals surface area contributed by atoms with Crippen molar-refractivity contribution in [3.05, 3.63) is 76.0 Å². The number of phenolic OH excluding ortho intramolecular Hbond substituents is 4. The van der Waals surface area contributed by atoms with Crippen LogP contribution in [-0.4, -0.2) is 192 Å². The van der Waals surface area contributed by atoms with Crippen molar-refractivity contribution in [1.29, 1.82) is 0 Å². The molecule has 0 radical (unpaired) electrons. The number of ether oxygens (including phenoxy) is 8. The lowest BCUT2D eigenvalue weighted by Crippen LogP contribution is -2.66. The Morgan fingerprint density at radius 1 is 0.632 bits per heavy atom. The first-order chi connectivity index (χ1) is 32.4. The summed E-state index contributed by atoms with van der Waals surface area (Å²) in [5.41, 5.74) is -1.40. The lowest BCUT2D eigenvalue weighted by atomic mass is 9.88. The smallest absolute Gasteiger partial charge is 0.331 e. The van der Waals surface area contributed by atoms with Crippen molar-refractivity contribution in [2.45, 2.75) is 91.9 Å². The van der Waals surface area contributed by atoms with Crippen LogP contribution < -0.4 is 14.9 Å². The highest BCUT2D eigenvalue weighted by Crippen LogP contribution is 2.47. The lowest BCUT2D eigenvalue weighted by molar-refractivity contribution is -0.382. The molecule has 1 aromatic heterocycles. The minimum atomic E-state index is -2.12. The van der Waals surface area contributed by atoms with Gasteiger partial charge in [-0.05, 0) is 42.0 Å². The van der Waals surface area contributed by atoms with E-state index in [1.54, 1.807) is 0 Å². The standard InChI is InChI=1S/C44H50O24/c1-60-23-9-16(3-6-18(23)48)4-8-29(52)66-42-39(31-21(51)12-25-30(35(31)56)20(50)11-22(62-25)17-5-7-19(49)24(10-17)61-2)63-28(15-47)34(55)40(42)67-44-41(37(58)33(54)27(14-46)65-44)68-43-38(59)36(57)32(53)26(13-45)64-43/h3-12,26-28,32-34,36-49,51,53-59H,13-15H2,1-2H3/b8-4+. The van der Waals surface area contributed by atoms with E-state index in [-0.39, 0.29) is 39.9 Å². The van der Waals surface area contributed by atoms with Crippen molar-refractivity contribution < 1.29 is 113 Å². The number of carbonyl (C=O) groups is 1. The molecule has 3 aliphatic rings. The summed E-state index contributed by atoms with van der Waals surface area (Å²) in [5, 5.41) is 139. The van der Waals surface area contributed by atoms with Gasteiger partial charge in [-0.2, -0.15) is 0 Å². The fraction of sp³-hybridized carbons (Fsp3) is 0.455. The highest BCUT2D eigenvalue weighted by atomic mass is 16.8. The lowest BCUT2D eigenvalue weighted by Gasteiger charge is -2.49. The fourth-order valence-electron chi connectivity index (χ4n) is 8.09. The van der Waals surface area contributed by atoms with Gasteiger partial charge in [0.1, 0.15) is 101 Å². The maximum absolute atomic E-state index is 13.8. The minimum absolute atomic E-state index is 0.0272. The summed E-state index contributed by atoms with van der Waals surface area (Å²) in [7, 11) is 2.58. The molecule has 3 fully saturated rings. The van der Waals surface area contributed by atoms with Crippen LogP contribution in [0.5, 0.6) is 34.5 Å². The quantitative estimate of drug-likeness (QED) is 0.0468. The molecular formula is C44H50O24. The molecule has 3 aromatic carbocycles. The Hall–Kier alpha value is -5.68. The van der Waals surface area contributed by atoms with Crippen molar-refractivity contribution in [1.82, 2.24) is 0 Å². The Morgan fingerprint density at radius 3 is 1.87 bits per heavy atom. The van der Waals surface area contributed by atoms with Crippen molar-refractivity contribution >= 4 is 23.0 Å². The molecule has 370 valence electrons. The van der Waals surface area contributed by atoms with E-state index in [1.807, 2.05) is 0 Å². The second-order valence-electron chi connectivity index (χ2n) is 15.9. The number of hydrogen-bond acceptors (Lipinski definition) is 24. The second-order valence-corrected chi connectivity index (χ2v) is 15.9. The SMILES string of the molecule is COc1cc(/C=C/C(=O)OC2C(c3c(O)cc4oc(-c5ccc(O)c(OC)c5)cc(=O)c4c3O)OC(CO)C(O)C2OC2OC(CO)C(O)C(O)C2OC2OC(CO)C(O)C(O)C2O)ccc1O. The summed E-state index contributed by atoms with van der Waals surface area (Å²) in [6.45, 7) is -2.90. The Bertz CT molecular complexity index is 2510. The molecule has 3 aliphatic heterocycles. The van der Waals surface area contributed by atoms with Gasteiger partial charge in [0.15, 0.2) is 47.1 Å². The predicted octanol–water partition coefficient (Wildman–Crippen LogP) is -2.27. The second kappa shape index (κ2) is 20.9. The number of esters is 1. The Kier molecular flexibility index (Phi) is 15.4.